The predicted molar refractivity (Wildman–Crippen MR) is 101 cm³/mol. The van der Waals surface area contributed by atoms with E-state index in [4.69, 9.17) is 10.5 Å². The number of primary amides is 1. The van der Waals surface area contributed by atoms with Gasteiger partial charge in [0.2, 0.25) is 10.0 Å². The number of piperidine rings is 1. The van der Waals surface area contributed by atoms with Gasteiger partial charge in [0.05, 0.1) is 10.5 Å². The Kier molecular flexibility index (Phi) is 7.14. The van der Waals surface area contributed by atoms with Crippen LogP contribution in [0.1, 0.15) is 43.5 Å². The average Bonchev–Trinajstić information content (AvgIpc) is 2.65. The highest BCUT2D eigenvalue weighted by Gasteiger charge is 2.33. The maximum atomic E-state index is 13.0. The molecule has 0 aromatic heterocycles. The van der Waals surface area contributed by atoms with Gasteiger partial charge in [0, 0.05) is 13.1 Å². The smallest absolute Gasteiger partial charge is 0.340 e. The Morgan fingerprint density at radius 1 is 1.11 bits per heavy atom. The molecule has 2 rings (SSSR count). The van der Waals surface area contributed by atoms with E-state index in [-0.39, 0.29) is 10.5 Å². The molecule has 1 heterocycles. The number of hydrogen-bond donors (Lipinski definition) is 2. The van der Waals surface area contributed by atoms with E-state index in [2.05, 4.69) is 0 Å². The zero-order chi connectivity index (χ0) is 20.9. The van der Waals surface area contributed by atoms with E-state index in [0.717, 1.165) is 19.3 Å². The third-order valence-corrected chi connectivity index (χ3v) is 6.34. The van der Waals surface area contributed by atoms with Gasteiger partial charge in [0.25, 0.3) is 5.91 Å². The van der Waals surface area contributed by atoms with E-state index in [1.54, 1.807) is 13.8 Å². The number of sulfonamides is 1. The molecule has 3 N–H and O–H groups in total. The Morgan fingerprint density at radius 3 is 2.29 bits per heavy atom. The Hall–Kier alpha value is -2.46. The van der Waals surface area contributed by atoms with Crippen molar-refractivity contribution in [1.29, 1.82) is 0 Å². The summed E-state index contributed by atoms with van der Waals surface area (Å²) in [6.07, 6.45) is 1.18. The van der Waals surface area contributed by atoms with Crippen molar-refractivity contribution in [2.24, 2.45) is 11.7 Å². The number of esters is 1. The lowest BCUT2D eigenvalue weighted by atomic mass is 10.1. The van der Waals surface area contributed by atoms with Gasteiger partial charge < -0.3 is 10.5 Å². The second kappa shape index (κ2) is 9.16. The first-order chi connectivity index (χ1) is 13.1. The van der Waals surface area contributed by atoms with Gasteiger partial charge in [0.15, 0.2) is 6.10 Å². The monoisotopic (exact) mass is 411 g/mol. The number of nitrogens with one attached hydrogen (secondary N) is 1. The summed E-state index contributed by atoms with van der Waals surface area (Å²) in [5, 5.41) is 1.87. The molecule has 1 aliphatic heterocycles. The van der Waals surface area contributed by atoms with E-state index in [9.17, 15) is 22.8 Å². The summed E-state index contributed by atoms with van der Waals surface area (Å²) in [6, 6.07) is 4.64. The number of ether oxygens (including phenoxy) is 1. The highest BCUT2D eigenvalue weighted by Crippen LogP contribution is 2.25. The second-order valence-corrected chi connectivity index (χ2v) is 8.79. The van der Waals surface area contributed by atoms with E-state index < -0.39 is 40.0 Å². The van der Waals surface area contributed by atoms with Crippen molar-refractivity contribution in [2.75, 3.05) is 13.1 Å². The van der Waals surface area contributed by atoms with Crippen LogP contribution in [0.3, 0.4) is 0 Å². The fourth-order valence-electron chi connectivity index (χ4n) is 2.97. The first-order valence-electron chi connectivity index (χ1n) is 9.05. The van der Waals surface area contributed by atoms with Gasteiger partial charge in [-0.2, -0.15) is 4.31 Å². The number of carbonyl (C=O) groups is 3. The molecule has 154 valence electrons. The predicted octanol–water partition coefficient (Wildman–Crippen LogP) is 1.24. The third kappa shape index (κ3) is 5.08. The van der Waals surface area contributed by atoms with E-state index >= 15 is 0 Å². The molecule has 3 amide bonds. The zero-order valence-electron chi connectivity index (χ0n) is 15.9. The van der Waals surface area contributed by atoms with Crippen LogP contribution in [-0.4, -0.2) is 49.8 Å². The summed E-state index contributed by atoms with van der Waals surface area (Å²) in [5.41, 5.74) is 4.78. The van der Waals surface area contributed by atoms with Crippen LogP contribution in [0.5, 0.6) is 0 Å². The third-order valence-electron chi connectivity index (χ3n) is 4.38. The van der Waals surface area contributed by atoms with Crippen molar-refractivity contribution in [2.45, 2.75) is 44.1 Å². The quantitative estimate of drug-likeness (QED) is 0.676. The Balaban J connectivity index is 2.31. The SMILES string of the molecule is CC(C)[C@H](OC(=O)c1ccccc1S(=O)(=O)N1CCCCC1)C(=O)NC(N)=O. The minimum absolute atomic E-state index is 0.161. The van der Waals surface area contributed by atoms with Gasteiger partial charge in [-0.1, -0.05) is 32.4 Å². The molecule has 28 heavy (non-hydrogen) atoms. The first-order valence-corrected chi connectivity index (χ1v) is 10.5. The minimum atomic E-state index is -3.88. The molecule has 0 aliphatic carbocycles. The highest BCUT2D eigenvalue weighted by molar-refractivity contribution is 7.89. The molecule has 0 unspecified atom stereocenters. The van der Waals surface area contributed by atoms with Crippen molar-refractivity contribution in [3.8, 4) is 0 Å². The van der Waals surface area contributed by atoms with E-state index in [0.29, 0.717) is 13.1 Å². The number of urea groups is 1. The lowest BCUT2D eigenvalue weighted by Crippen LogP contribution is -2.45. The van der Waals surface area contributed by atoms with E-state index in [1.165, 1.54) is 28.6 Å². The van der Waals surface area contributed by atoms with Crippen LogP contribution in [0.2, 0.25) is 0 Å². The molecule has 0 radical (unpaired) electrons. The molecule has 0 spiro atoms. The molecular formula is C18H25N3O6S. The van der Waals surface area contributed by atoms with Crippen LogP contribution in [0.4, 0.5) is 4.79 Å². The zero-order valence-corrected chi connectivity index (χ0v) is 16.7. The highest BCUT2D eigenvalue weighted by atomic mass is 32.2. The standard InChI is InChI=1S/C18H25N3O6S/c1-12(2)15(16(22)20-18(19)24)27-17(23)13-8-4-5-9-14(13)28(25,26)21-10-6-3-7-11-21/h4-5,8-9,12,15H,3,6-7,10-11H2,1-2H3,(H3,19,20,22,24)/t15-/m0/s1. The summed E-state index contributed by atoms with van der Waals surface area (Å²) in [4.78, 5) is 35.5. The Bertz CT molecular complexity index is 847. The molecule has 1 aliphatic rings. The van der Waals surface area contributed by atoms with E-state index in [1.807, 2.05) is 5.32 Å². The number of carbonyl (C=O) groups excluding carboxylic acids is 3. The molecule has 1 atom stereocenters. The van der Waals surface area contributed by atoms with Crippen molar-refractivity contribution in [1.82, 2.24) is 9.62 Å². The van der Waals surface area contributed by atoms with Crippen molar-refractivity contribution >= 4 is 27.9 Å². The summed E-state index contributed by atoms with van der Waals surface area (Å²) < 4.78 is 32.6. The van der Waals surface area contributed by atoms with Crippen molar-refractivity contribution < 1.29 is 27.5 Å². The Labute approximate surface area is 164 Å². The second-order valence-electron chi connectivity index (χ2n) is 6.88. The summed E-state index contributed by atoms with van der Waals surface area (Å²) in [6.45, 7) is 4.02. The minimum Gasteiger partial charge on any atom is -0.448 e. The summed E-state index contributed by atoms with van der Waals surface area (Å²) in [5.74, 6) is -2.30. The molecule has 1 aromatic rings. The van der Waals surface area contributed by atoms with Crippen LogP contribution in [-0.2, 0) is 19.6 Å². The van der Waals surface area contributed by atoms with Gasteiger partial charge in [-0.15, -0.1) is 0 Å². The maximum absolute atomic E-state index is 13.0. The van der Waals surface area contributed by atoms with Crippen molar-refractivity contribution in [3.63, 3.8) is 0 Å². The molecule has 1 aromatic carbocycles. The molecule has 1 fully saturated rings. The molecule has 0 bridgehead atoms. The van der Waals surface area contributed by atoms with Crippen LogP contribution in [0, 0.1) is 5.92 Å². The number of imide groups is 1. The van der Waals surface area contributed by atoms with Gasteiger partial charge >= 0.3 is 12.0 Å². The fraction of sp³-hybridized carbons (Fsp3) is 0.500. The molecular weight excluding hydrogens is 386 g/mol. The first kappa shape index (κ1) is 21.8. The molecule has 9 nitrogen and oxygen atoms in total. The number of amides is 3. The van der Waals surface area contributed by atoms with Crippen LogP contribution >= 0.6 is 0 Å². The van der Waals surface area contributed by atoms with Gasteiger partial charge in [-0.05, 0) is 30.9 Å². The largest absolute Gasteiger partial charge is 0.448 e. The lowest BCUT2D eigenvalue weighted by molar-refractivity contribution is -0.130. The normalized spacial score (nSPS) is 16.4. The molecule has 10 heteroatoms. The number of nitrogens with two attached hydrogens (primary N) is 1. The van der Waals surface area contributed by atoms with Crippen LogP contribution < -0.4 is 11.1 Å². The number of hydrogen-bond acceptors (Lipinski definition) is 6. The van der Waals surface area contributed by atoms with Gasteiger partial charge in [-0.25, -0.2) is 18.0 Å². The average molecular weight is 411 g/mol. The van der Waals surface area contributed by atoms with Gasteiger partial charge in [0.1, 0.15) is 0 Å². The van der Waals surface area contributed by atoms with Crippen LogP contribution in [0.25, 0.3) is 0 Å². The van der Waals surface area contributed by atoms with Crippen LogP contribution in [0.15, 0.2) is 29.2 Å². The topological polar surface area (TPSA) is 136 Å². The summed E-state index contributed by atoms with van der Waals surface area (Å²) in [7, 11) is -3.88. The lowest BCUT2D eigenvalue weighted by Gasteiger charge is -2.27. The Morgan fingerprint density at radius 2 is 1.71 bits per heavy atom. The van der Waals surface area contributed by atoms with Gasteiger partial charge in [-0.3, -0.25) is 10.1 Å². The summed E-state index contributed by atoms with van der Waals surface area (Å²) >= 11 is 0. The number of rotatable bonds is 6. The van der Waals surface area contributed by atoms with Crippen molar-refractivity contribution in [3.05, 3.63) is 29.8 Å². The molecule has 1 saturated heterocycles. The molecule has 0 saturated carbocycles. The maximum Gasteiger partial charge on any atom is 0.340 e. The number of benzene rings is 1. The number of nitrogens with zero attached hydrogens (tertiary/aromatic N) is 1. The fourth-order valence-corrected chi connectivity index (χ4v) is 4.67.